The number of nitriles is 1. The second-order valence-corrected chi connectivity index (χ2v) is 9.75. The summed E-state index contributed by atoms with van der Waals surface area (Å²) in [5.41, 5.74) is 1.47. The van der Waals surface area contributed by atoms with Gasteiger partial charge in [-0.15, -0.1) is 0 Å². The summed E-state index contributed by atoms with van der Waals surface area (Å²) in [4.78, 5) is 27.5. The van der Waals surface area contributed by atoms with E-state index in [9.17, 15) is 10.1 Å². The fraction of sp³-hybridized carbons (Fsp3) is 0.583. The summed E-state index contributed by atoms with van der Waals surface area (Å²) in [6.07, 6.45) is 3.32. The minimum absolute atomic E-state index is 0.0317. The average molecular weight is 453 g/mol. The summed E-state index contributed by atoms with van der Waals surface area (Å²) >= 11 is 0. The molecule has 0 N–H and O–H groups in total. The number of amides is 1. The van der Waals surface area contributed by atoms with Crippen LogP contribution in [0.5, 0.6) is 0 Å². The number of piperazine rings is 1. The van der Waals surface area contributed by atoms with E-state index in [1.165, 1.54) is 0 Å². The van der Waals surface area contributed by atoms with E-state index in [0.717, 1.165) is 43.8 Å². The van der Waals surface area contributed by atoms with E-state index in [1.807, 2.05) is 32.9 Å². The predicted molar refractivity (Wildman–Crippen MR) is 125 cm³/mol. The van der Waals surface area contributed by atoms with Crippen LogP contribution in [-0.4, -0.2) is 89.5 Å². The lowest BCUT2D eigenvalue weighted by molar-refractivity contribution is -0.0393. The van der Waals surface area contributed by atoms with Crippen LogP contribution >= 0.6 is 0 Å². The van der Waals surface area contributed by atoms with Gasteiger partial charge in [-0.3, -0.25) is 9.88 Å². The Kier molecular flexibility index (Phi) is 6.68. The van der Waals surface area contributed by atoms with Gasteiger partial charge < -0.3 is 19.3 Å². The van der Waals surface area contributed by atoms with E-state index in [4.69, 9.17) is 9.47 Å². The van der Waals surface area contributed by atoms with Crippen molar-refractivity contribution >= 4 is 22.7 Å². The normalized spacial score (nSPS) is 22.3. The number of rotatable bonds is 3. The van der Waals surface area contributed by atoms with Crippen molar-refractivity contribution in [2.45, 2.75) is 45.5 Å². The quantitative estimate of drug-likeness (QED) is 0.702. The maximum atomic E-state index is 12.3. The maximum Gasteiger partial charge on any atom is 0.410 e. The van der Waals surface area contributed by atoms with Gasteiger partial charge in [0.25, 0.3) is 0 Å². The first-order valence-electron chi connectivity index (χ1n) is 11.5. The van der Waals surface area contributed by atoms with Gasteiger partial charge in [0.05, 0.1) is 24.1 Å². The van der Waals surface area contributed by atoms with Crippen molar-refractivity contribution in [3.05, 3.63) is 30.2 Å². The highest BCUT2D eigenvalue weighted by Crippen LogP contribution is 2.29. The van der Waals surface area contributed by atoms with Crippen molar-refractivity contribution < 1.29 is 14.3 Å². The second-order valence-electron chi connectivity index (χ2n) is 9.75. The van der Waals surface area contributed by atoms with Crippen LogP contribution in [0.2, 0.25) is 0 Å². The van der Waals surface area contributed by atoms with E-state index in [2.05, 4.69) is 32.8 Å². The van der Waals surface area contributed by atoms with Crippen LogP contribution in [0.1, 0.15) is 33.4 Å². The summed E-state index contributed by atoms with van der Waals surface area (Å²) < 4.78 is 11.8. The molecule has 4 heterocycles. The Labute approximate surface area is 194 Å². The molecule has 0 aliphatic carbocycles. The number of carbonyl (C=O) groups excluding carboxylic acids is 1. The Balaban J connectivity index is 1.40. The van der Waals surface area contributed by atoms with Crippen LogP contribution in [0.3, 0.4) is 0 Å². The molecule has 33 heavy (non-hydrogen) atoms. The number of anilines is 1. The summed E-state index contributed by atoms with van der Waals surface area (Å²) in [6.45, 7) is 12.9. The molecule has 0 spiro atoms. The first kappa shape index (κ1) is 23.2. The van der Waals surface area contributed by atoms with Crippen molar-refractivity contribution in [2.75, 3.05) is 50.7 Å². The number of aromatic nitrogens is 2. The molecule has 2 atom stereocenters. The van der Waals surface area contributed by atoms with E-state index < -0.39 is 5.60 Å². The fourth-order valence-electron chi connectivity index (χ4n) is 4.46. The molecule has 2 saturated heterocycles. The monoisotopic (exact) mass is 452 g/mol. The van der Waals surface area contributed by atoms with E-state index in [-0.39, 0.29) is 18.3 Å². The van der Waals surface area contributed by atoms with Crippen molar-refractivity contribution in [1.82, 2.24) is 19.8 Å². The molecule has 2 aliphatic rings. The number of ether oxygens (including phenoxy) is 2. The van der Waals surface area contributed by atoms with Crippen LogP contribution in [0.25, 0.3) is 10.9 Å². The average Bonchev–Trinajstić information content (AvgIpc) is 2.77. The lowest BCUT2D eigenvalue weighted by Gasteiger charge is -2.42. The van der Waals surface area contributed by atoms with Gasteiger partial charge in [0.1, 0.15) is 17.2 Å². The Bertz CT molecular complexity index is 1040. The highest BCUT2D eigenvalue weighted by Gasteiger charge is 2.31. The summed E-state index contributed by atoms with van der Waals surface area (Å²) in [6, 6.07) is 6.01. The summed E-state index contributed by atoms with van der Waals surface area (Å²) in [7, 11) is 0. The number of pyridine rings is 2. The van der Waals surface area contributed by atoms with Gasteiger partial charge >= 0.3 is 6.09 Å². The van der Waals surface area contributed by atoms with Crippen molar-refractivity contribution in [2.24, 2.45) is 0 Å². The number of nitrogens with zero attached hydrogens (tertiary/aromatic N) is 6. The predicted octanol–water partition coefficient (Wildman–Crippen LogP) is 2.65. The molecule has 2 aromatic rings. The molecule has 9 heteroatoms. The number of hydrogen-bond donors (Lipinski definition) is 0. The zero-order valence-corrected chi connectivity index (χ0v) is 19.8. The second kappa shape index (κ2) is 9.49. The van der Waals surface area contributed by atoms with Crippen LogP contribution in [0.4, 0.5) is 10.5 Å². The highest BCUT2D eigenvalue weighted by molar-refractivity contribution is 5.93. The fourth-order valence-corrected chi connectivity index (χ4v) is 4.46. The minimum atomic E-state index is -0.482. The minimum Gasteiger partial charge on any atom is -0.444 e. The van der Waals surface area contributed by atoms with E-state index in [1.54, 1.807) is 17.3 Å². The van der Waals surface area contributed by atoms with Gasteiger partial charge in [-0.05, 0) is 39.8 Å². The third-order valence-corrected chi connectivity index (χ3v) is 5.88. The Morgan fingerprint density at radius 1 is 1.24 bits per heavy atom. The number of carbonyl (C=O) groups is 1. The van der Waals surface area contributed by atoms with Gasteiger partial charge in [0.2, 0.25) is 0 Å². The number of hydrogen-bond acceptors (Lipinski definition) is 8. The van der Waals surface area contributed by atoms with Gasteiger partial charge in [-0.1, -0.05) is 0 Å². The third kappa shape index (κ3) is 5.52. The van der Waals surface area contributed by atoms with Gasteiger partial charge in [0, 0.05) is 57.4 Å². The molecular formula is C24H32N6O3. The Morgan fingerprint density at radius 3 is 2.70 bits per heavy atom. The summed E-state index contributed by atoms with van der Waals surface area (Å²) in [5, 5.41) is 10.3. The largest absolute Gasteiger partial charge is 0.444 e. The molecular weight excluding hydrogens is 420 g/mol. The molecule has 1 amide bonds. The van der Waals surface area contributed by atoms with Crippen molar-refractivity contribution in [1.29, 1.82) is 5.26 Å². The van der Waals surface area contributed by atoms with Crippen LogP contribution < -0.4 is 4.90 Å². The molecule has 0 saturated carbocycles. The molecule has 9 nitrogen and oxygen atoms in total. The Morgan fingerprint density at radius 2 is 2.00 bits per heavy atom. The first-order chi connectivity index (χ1) is 15.7. The zero-order valence-electron chi connectivity index (χ0n) is 19.8. The number of morpholine rings is 1. The first-order valence-corrected chi connectivity index (χ1v) is 11.5. The standard InChI is InChI=1S/C24H32N6O3/c1-17-14-30(21-13-27-20(12-25)22-19(21)6-5-7-26-22)16-18(32-17)15-28-8-10-29(11-9-28)23(31)33-24(2,3)4/h5-7,13,17-18H,8-11,14-16H2,1-4H3/t17?,18-/m0/s1. The molecule has 4 rings (SSSR count). The van der Waals surface area contributed by atoms with Gasteiger partial charge in [0.15, 0.2) is 5.69 Å². The molecule has 2 aromatic heterocycles. The van der Waals surface area contributed by atoms with Crippen molar-refractivity contribution in [3.63, 3.8) is 0 Å². The summed E-state index contributed by atoms with van der Waals surface area (Å²) in [5.74, 6) is 0. The highest BCUT2D eigenvalue weighted by atomic mass is 16.6. The zero-order chi connectivity index (χ0) is 23.6. The number of fused-ring (bicyclic) bond motifs is 1. The van der Waals surface area contributed by atoms with E-state index >= 15 is 0 Å². The van der Waals surface area contributed by atoms with Crippen LogP contribution in [-0.2, 0) is 9.47 Å². The van der Waals surface area contributed by atoms with Gasteiger partial charge in [-0.2, -0.15) is 5.26 Å². The Hall–Kier alpha value is -2.96. The van der Waals surface area contributed by atoms with Gasteiger partial charge in [-0.25, -0.2) is 9.78 Å². The maximum absolute atomic E-state index is 12.3. The molecule has 2 fully saturated rings. The van der Waals surface area contributed by atoms with E-state index in [0.29, 0.717) is 24.3 Å². The third-order valence-electron chi connectivity index (χ3n) is 5.88. The molecule has 2 aliphatic heterocycles. The lowest BCUT2D eigenvalue weighted by atomic mass is 10.1. The molecule has 0 bridgehead atoms. The molecule has 0 radical (unpaired) electrons. The topological polar surface area (TPSA) is 94.8 Å². The smallest absolute Gasteiger partial charge is 0.410 e. The molecule has 1 unspecified atom stereocenters. The molecule has 176 valence electrons. The van der Waals surface area contributed by atoms with Crippen molar-refractivity contribution in [3.8, 4) is 6.07 Å². The molecule has 0 aromatic carbocycles. The van der Waals surface area contributed by atoms with Crippen LogP contribution in [0.15, 0.2) is 24.5 Å². The van der Waals surface area contributed by atoms with Crippen LogP contribution in [0, 0.1) is 11.3 Å². The lowest BCUT2D eigenvalue weighted by Crippen LogP contribution is -2.55. The SMILES string of the molecule is CC1CN(c2cnc(C#N)c3ncccc23)C[C@H](CN2CCN(C(=O)OC(C)(C)C)CC2)O1.